The molecule has 4 nitrogen and oxygen atoms in total. The summed E-state index contributed by atoms with van der Waals surface area (Å²) in [6, 6.07) is 4.65. The molecule has 0 saturated carbocycles. The van der Waals surface area contributed by atoms with E-state index in [-0.39, 0.29) is 5.82 Å². The average Bonchev–Trinajstić information content (AvgIpc) is 2.70. The van der Waals surface area contributed by atoms with Gasteiger partial charge in [-0.05, 0) is 31.3 Å². The highest BCUT2D eigenvalue weighted by Gasteiger charge is 2.12. The van der Waals surface area contributed by atoms with Gasteiger partial charge in [-0.1, -0.05) is 0 Å². The van der Waals surface area contributed by atoms with Crippen molar-refractivity contribution in [3.05, 3.63) is 28.8 Å². The molecule has 0 saturated heterocycles. The van der Waals surface area contributed by atoms with Gasteiger partial charge < -0.3 is 9.30 Å². The van der Waals surface area contributed by atoms with Gasteiger partial charge in [0.15, 0.2) is 10.6 Å². The van der Waals surface area contributed by atoms with E-state index in [1.165, 1.54) is 13.2 Å². The zero-order valence-electron chi connectivity index (χ0n) is 9.53. The Morgan fingerprint density at radius 3 is 2.88 bits per heavy atom. The van der Waals surface area contributed by atoms with E-state index in [0.717, 1.165) is 0 Å². The molecule has 1 aromatic heterocycles. The van der Waals surface area contributed by atoms with Gasteiger partial charge in [0.1, 0.15) is 11.6 Å². The fraction of sp³-hybridized carbons (Fsp3) is 0.273. The van der Waals surface area contributed by atoms with Gasteiger partial charge in [-0.3, -0.25) is 5.10 Å². The van der Waals surface area contributed by atoms with Crippen molar-refractivity contribution in [1.82, 2.24) is 14.8 Å². The van der Waals surface area contributed by atoms with Crippen LogP contribution in [0.1, 0.15) is 6.92 Å². The Morgan fingerprint density at radius 1 is 1.53 bits per heavy atom. The average molecular weight is 253 g/mol. The number of aromatic nitrogens is 3. The number of halogens is 1. The molecule has 1 heterocycles. The van der Waals surface area contributed by atoms with Crippen LogP contribution in [0, 0.1) is 10.6 Å². The Kier molecular flexibility index (Phi) is 3.23. The molecule has 0 aliphatic heterocycles. The van der Waals surface area contributed by atoms with E-state index in [1.807, 2.05) is 6.92 Å². The van der Waals surface area contributed by atoms with Crippen LogP contribution in [0.3, 0.4) is 0 Å². The third kappa shape index (κ3) is 2.08. The second-order valence-corrected chi connectivity index (χ2v) is 3.83. The molecular formula is C11H12FN3OS. The van der Waals surface area contributed by atoms with Crippen LogP contribution in [0.5, 0.6) is 5.75 Å². The summed E-state index contributed by atoms with van der Waals surface area (Å²) in [6.45, 7) is 2.56. The van der Waals surface area contributed by atoms with E-state index < -0.39 is 0 Å². The Bertz CT molecular complexity index is 591. The number of H-pyrrole nitrogens is 1. The number of ether oxygens (including phenoxy) is 1. The number of nitrogens with zero attached hydrogens (tertiary/aromatic N) is 2. The number of methoxy groups -OCH3 is 1. The summed E-state index contributed by atoms with van der Waals surface area (Å²) in [5.74, 6) is 0.592. The zero-order valence-corrected chi connectivity index (χ0v) is 10.3. The van der Waals surface area contributed by atoms with E-state index >= 15 is 0 Å². The lowest BCUT2D eigenvalue weighted by molar-refractivity contribution is 0.411. The van der Waals surface area contributed by atoms with Crippen LogP contribution in [0.2, 0.25) is 0 Å². The molecule has 1 aromatic carbocycles. The minimum absolute atomic E-state index is 0.381. The minimum Gasteiger partial charge on any atom is -0.497 e. The summed E-state index contributed by atoms with van der Waals surface area (Å²) in [5.41, 5.74) is 0.403. The molecule has 1 N–H and O–H groups in total. The molecule has 0 radical (unpaired) electrons. The van der Waals surface area contributed by atoms with Crippen LogP contribution >= 0.6 is 12.2 Å². The van der Waals surface area contributed by atoms with Crippen molar-refractivity contribution in [3.8, 4) is 17.1 Å². The molecule has 2 rings (SSSR count). The van der Waals surface area contributed by atoms with Crippen molar-refractivity contribution >= 4 is 12.2 Å². The van der Waals surface area contributed by atoms with Crippen molar-refractivity contribution in [2.24, 2.45) is 0 Å². The number of hydrogen-bond donors (Lipinski definition) is 1. The Balaban J connectivity index is 2.56. The standard InChI is InChI=1S/C11H12FN3OS/c1-3-15-10(13-14-11(15)17)8-5-4-7(16-2)6-9(8)12/h4-6H,3H2,1-2H3,(H,14,17). The Labute approximate surface area is 103 Å². The second kappa shape index (κ2) is 4.67. The first-order chi connectivity index (χ1) is 8.17. The normalized spacial score (nSPS) is 10.5. The van der Waals surface area contributed by atoms with Crippen LogP contribution in [-0.4, -0.2) is 21.9 Å². The molecule has 0 atom stereocenters. The predicted molar refractivity (Wildman–Crippen MR) is 65.0 cm³/mol. The fourth-order valence-electron chi connectivity index (χ4n) is 1.62. The number of hydrogen-bond acceptors (Lipinski definition) is 3. The Morgan fingerprint density at radius 2 is 2.29 bits per heavy atom. The van der Waals surface area contributed by atoms with Gasteiger partial charge >= 0.3 is 0 Å². The topological polar surface area (TPSA) is 42.8 Å². The highest BCUT2D eigenvalue weighted by Crippen LogP contribution is 2.24. The highest BCUT2D eigenvalue weighted by atomic mass is 32.1. The summed E-state index contributed by atoms with van der Waals surface area (Å²) in [4.78, 5) is 0. The molecule has 17 heavy (non-hydrogen) atoms. The van der Waals surface area contributed by atoms with E-state index in [0.29, 0.717) is 28.5 Å². The van der Waals surface area contributed by atoms with Crippen molar-refractivity contribution in [2.45, 2.75) is 13.5 Å². The largest absolute Gasteiger partial charge is 0.497 e. The van der Waals surface area contributed by atoms with Gasteiger partial charge in [-0.25, -0.2) is 4.39 Å². The molecule has 0 aliphatic carbocycles. The van der Waals surface area contributed by atoms with Crippen LogP contribution in [-0.2, 0) is 6.54 Å². The quantitative estimate of drug-likeness (QED) is 0.855. The maximum atomic E-state index is 13.9. The zero-order chi connectivity index (χ0) is 12.4. The lowest BCUT2D eigenvalue weighted by Gasteiger charge is -2.06. The van der Waals surface area contributed by atoms with Gasteiger partial charge in [-0.15, -0.1) is 0 Å². The maximum absolute atomic E-state index is 13.9. The van der Waals surface area contributed by atoms with Crippen molar-refractivity contribution < 1.29 is 9.13 Å². The van der Waals surface area contributed by atoms with Crippen LogP contribution in [0.4, 0.5) is 4.39 Å². The molecule has 2 aromatic rings. The predicted octanol–water partition coefficient (Wildman–Crippen LogP) is 2.78. The molecule has 0 unspecified atom stereocenters. The number of benzene rings is 1. The summed E-state index contributed by atoms with van der Waals surface area (Å²) >= 11 is 5.06. The number of aromatic amines is 1. The summed E-state index contributed by atoms with van der Waals surface area (Å²) in [5, 5.41) is 6.70. The summed E-state index contributed by atoms with van der Waals surface area (Å²) in [7, 11) is 1.50. The molecule has 0 bridgehead atoms. The van der Waals surface area contributed by atoms with Crippen molar-refractivity contribution in [2.75, 3.05) is 7.11 Å². The number of nitrogens with one attached hydrogen (secondary N) is 1. The van der Waals surface area contributed by atoms with E-state index in [1.54, 1.807) is 16.7 Å². The first-order valence-corrected chi connectivity index (χ1v) is 5.57. The molecule has 0 amide bonds. The summed E-state index contributed by atoms with van der Waals surface area (Å²) in [6.07, 6.45) is 0. The van der Waals surface area contributed by atoms with Gasteiger partial charge in [0.25, 0.3) is 0 Å². The fourth-order valence-corrected chi connectivity index (χ4v) is 1.88. The number of rotatable bonds is 3. The first-order valence-electron chi connectivity index (χ1n) is 5.16. The molecule has 6 heteroatoms. The van der Waals surface area contributed by atoms with Crippen molar-refractivity contribution in [3.63, 3.8) is 0 Å². The third-order valence-corrected chi connectivity index (χ3v) is 2.80. The molecule has 90 valence electrons. The van der Waals surface area contributed by atoms with Gasteiger partial charge in [0, 0.05) is 12.6 Å². The van der Waals surface area contributed by atoms with Crippen LogP contribution in [0.25, 0.3) is 11.4 Å². The highest BCUT2D eigenvalue weighted by molar-refractivity contribution is 7.71. The van der Waals surface area contributed by atoms with Gasteiger partial charge in [-0.2, -0.15) is 5.10 Å². The van der Waals surface area contributed by atoms with Crippen molar-refractivity contribution in [1.29, 1.82) is 0 Å². The lowest BCUT2D eigenvalue weighted by Crippen LogP contribution is -1.99. The van der Waals surface area contributed by atoms with Gasteiger partial charge in [0.2, 0.25) is 0 Å². The van der Waals surface area contributed by atoms with E-state index in [9.17, 15) is 4.39 Å². The molecule has 0 spiro atoms. The smallest absolute Gasteiger partial charge is 0.195 e. The Hall–Kier alpha value is -1.69. The van der Waals surface area contributed by atoms with E-state index in [4.69, 9.17) is 17.0 Å². The van der Waals surface area contributed by atoms with Gasteiger partial charge in [0.05, 0.1) is 12.7 Å². The first kappa shape index (κ1) is 11.8. The molecule has 0 fully saturated rings. The van der Waals surface area contributed by atoms with Crippen LogP contribution < -0.4 is 4.74 Å². The maximum Gasteiger partial charge on any atom is 0.195 e. The van der Waals surface area contributed by atoms with Crippen LogP contribution in [0.15, 0.2) is 18.2 Å². The SMILES string of the molecule is CCn1c(-c2ccc(OC)cc2F)n[nH]c1=S. The lowest BCUT2D eigenvalue weighted by atomic mass is 10.2. The van der Waals surface area contributed by atoms with E-state index in [2.05, 4.69) is 10.2 Å². The third-order valence-electron chi connectivity index (χ3n) is 2.49. The molecular weight excluding hydrogens is 241 g/mol. The second-order valence-electron chi connectivity index (χ2n) is 3.44. The minimum atomic E-state index is -0.381. The molecule has 0 aliphatic rings. The monoisotopic (exact) mass is 253 g/mol. The summed E-state index contributed by atoms with van der Waals surface area (Å²) < 4.78 is 21.0.